The molecule has 1 heterocycles. The third-order valence-electron chi connectivity index (χ3n) is 1.75. The second-order valence-corrected chi connectivity index (χ2v) is 2.76. The minimum atomic E-state index is 0.694. The zero-order chi connectivity index (χ0) is 9.10. The zero-order valence-electron chi connectivity index (χ0n) is 7.31. The van der Waals surface area contributed by atoms with Gasteiger partial charge >= 0.3 is 0 Å². The molecule has 3 heteroatoms. The molecule has 1 aromatic carbocycles. The van der Waals surface area contributed by atoms with Crippen LogP contribution < -0.4 is 0 Å². The minimum absolute atomic E-state index is 0.694. The number of nitrogens with zero attached hydrogens (tertiary/aromatic N) is 3. The van der Waals surface area contributed by atoms with Crippen molar-refractivity contribution in [2.45, 2.75) is 6.92 Å². The SMILES string of the molecule is Cc1ncc(-c2ccccc2)nn1. The lowest BCUT2D eigenvalue weighted by Crippen LogP contribution is -1.92. The molecule has 0 aliphatic rings. The Labute approximate surface area is 76.5 Å². The molecule has 1 aromatic heterocycles. The first-order valence-electron chi connectivity index (χ1n) is 4.08. The Morgan fingerprint density at radius 3 is 2.38 bits per heavy atom. The molecule has 64 valence electrons. The summed E-state index contributed by atoms with van der Waals surface area (Å²) in [6.07, 6.45) is 1.73. The van der Waals surface area contributed by atoms with E-state index in [9.17, 15) is 0 Å². The van der Waals surface area contributed by atoms with Gasteiger partial charge in [-0.3, -0.25) is 0 Å². The maximum absolute atomic E-state index is 4.08. The van der Waals surface area contributed by atoms with Gasteiger partial charge in [-0.05, 0) is 6.92 Å². The van der Waals surface area contributed by atoms with Gasteiger partial charge in [0.1, 0.15) is 11.5 Å². The molecule has 0 saturated heterocycles. The van der Waals surface area contributed by atoms with E-state index in [4.69, 9.17) is 0 Å². The Hall–Kier alpha value is -1.77. The molecule has 0 radical (unpaired) electrons. The van der Waals surface area contributed by atoms with E-state index >= 15 is 0 Å². The fourth-order valence-corrected chi connectivity index (χ4v) is 1.07. The molecule has 0 spiro atoms. The monoisotopic (exact) mass is 171 g/mol. The zero-order valence-corrected chi connectivity index (χ0v) is 7.31. The normalized spacial score (nSPS) is 9.92. The fourth-order valence-electron chi connectivity index (χ4n) is 1.07. The summed E-state index contributed by atoms with van der Waals surface area (Å²) >= 11 is 0. The maximum Gasteiger partial charge on any atom is 0.147 e. The first-order valence-corrected chi connectivity index (χ1v) is 4.08. The Balaban J connectivity index is 2.42. The molecule has 0 aliphatic heterocycles. The van der Waals surface area contributed by atoms with Crippen LogP contribution in [0.3, 0.4) is 0 Å². The predicted octanol–water partition coefficient (Wildman–Crippen LogP) is 1.85. The maximum atomic E-state index is 4.08. The van der Waals surface area contributed by atoms with Crippen LogP contribution in [0.25, 0.3) is 11.3 Å². The molecule has 0 atom stereocenters. The second kappa shape index (κ2) is 3.31. The number of hydrogen-bond acceptors (Lipinski definition) is 3. The lowest BCUT2D eigenvalue weighted by Gasteiger charge is -1.97. The van der Waals surface area contributed by atoms with Crippen LogP contribution in [0.4, 0.5) is 0 Å². The third kappa shape index (κ3) is 1.69. The van der Waals surface area contributed by atoms with E-state index in [1.165, 1.54) is 0 Å². The van der Waals surface area contributed by atoms with Gasteiger partial charge < -0.3 is 0 Å². The van der Waals surface area contributed by atoms with Crippen LogP contribution >= 0.6 is 0 Å². The number of aryl methyl sites for hydroxylation is 1. The summed E-state index contributed by atoms with van der Waals surface area (Å²) in [5, 5.41) is 7.93. The largest absolute Gasteiger partial charge is 0.237 e. The molecule has 0 unspecified atom stereocenters. The Bertz CT molecular complexity index is 381. The quantitative estimate of drug-likeness (QED) is 0.657. The molecule has 13 heavy (non-hydrogen) atoms. The smallest absolute Gasteiger partial charge is 0.147 e. The van der Waals surface area contributed by atoms with E-state index in [2.05, 4.69) is 15.2 Å². The highest BCUT2D eigenvalue weighted by molar-refractivity contribution is 5.56. The van der Waals surface area contributed by atoms with Crippen molar-refractivity contribution >= 4 is 0 Å². The second-order valence-electron chi connectivity index (χ2n) is 2.76. The van der Waals surface area contributed by atoms with Gasteiger partial charge in [0.15, 0.2) is 0 Å². The van der Waals surface area contributed by atoms with Gasteiger partial charge in [0.25, 0.3) is 0 Å². The molecule has 0 saturated carbocycles. The number of aromatic nitrogens is 3. The summed E-state index contributed by atoms with van der Waals surface area (Å²) in [5.74, 6) is 0.694. The summed E-state index contributed by atoms with van der Waals surface area (Å²) in [5.41, 5.74) is 1.86. The van der Waals surface area contributed by atoms with Gasteiger partial charge in [0.05, 0.1) is 6.20 Å². The highest BCUT2D eigenvalue weighted by Crippen LogP contribution is 2.13. The van der Waals surface area contributed by atoms with Crippen molar-refractivity contribution in [2.24, 2.45) is 0 Å². The summed E-state index contributed by atoms with van der Waals surface area (Å²) in [6.45, 7) is 1.82. The summed E-state index contributed by atoms with van der Waals surface area (Å²) in [7, 11) is 0. The molecule has 0 fully saturated rings. The average molecular weight is 171 g/mol. The van der Waals surface area contributed by atoms with Crippen molar-refractivity contribution in [2.75, 3.05) is 0 Å². The summed E-state index contributed by atoms with van der Waals surface area (Å²) < 4.78 is 0. The van der Waals surface area contributed by atoms with Gasteiger partial charge in [-0.25, -0.2) is 4.98 Å². The molecule has 3 nitrogen and oxygen atoms in total. The average Bonchev–Trinajstić information content (AvgIpc) is 2.20. The number of hydrogen-bond donors (Lipinski definition) is 0. The van der Waals surface area contributed by atoms with Gasteiger partial charge in [0, 0.05) is 5.56 Å². The lowest BCUT2D eigenvalue weighted by atomic mass is 10.2. The van der Waals surface area contributed by atoms with Gasteiger partial charge in [-0.1, -0.05) is 30.3 Å². The van der Waals surface area contributed by atoms with Crippen molar-refractivity contribution in [3.8, 4) is 11.3 Å². The number of rotatable bonds is 1. The topological polar surface area (TPSA) is 38.7 Å². The van der Waals surface area contributed by atoms with Crippen LogP contribution in [0, 0.1) is 6.92 Å². The first kappa shape index (κ1) is 7.86. The van der Waals surface area contributed by atoms with E-state index in [1.807, 2.05) is 37.3 Å². The standard InChI is InChI=1S/C10H9N3/c1-8-11-7-10(13-12-8)9-5-3-2-4-6-9/h2-7H,1H3. The van der Waals surface area contributed by atoms with Crippen molar-refractivity contribution in [1.29, 1.82) is 0 Å². The van der Waals surface area contributed by atoms with Crippen LogP contribution in [0.15, 0.2) is 36.5 Å². The van der Waals surface area contributed by atoms with Crippen molar-refractivity contribution in [1.82, 2.24) is 15.2 Å². The van der Waals surface area contributed by atoms with Gasteiger partial charge in [0.2, 0.25) is 0 Å². The third-order valence-corrected chi connectivity index (χ3v) is 1.75. The molecule has 0 aliphatic carbocycles. The van der Waals surface area contributed by atoms with Crippen LogP contribution in [0.5, 0.6) is 0 Å². The van der Waals surface area contributed by atoms with E-state index in [0.717, 1.165) is 11.3 Å². The Morgan fingerprint density at radius 1 is 1.00 bits per heavy atom. The molecule has 0 N–H and O–H groups in total. The molecule has 0 amide bonds. The molecule has 0 bridgehead atoms. The predicted molar refractivity (Wildman–Crippen MR) is 50.0 cm³/mol. The minimum Gasteiger partial charge on any atom is -0.237 e. The highest BCUT2D eigenvalue weighted by atomic mass is 15.1. The summed E-state index contributed by atoms with van der Waals surface area (Å²) in [6, 6.07) is 9.88. The molecule has 2 rings (SSSR count). The summed E-state index contributed by atoms with van der Waals surface area (Å²) in [4.78, 5) is 4.08. The van der Waals surface area contributed by atoms with Crippen molar-refractivity contribution < 1.29 is 0 Å². The number of benzene rings is 1. The van der Waals surface area contributed by atoms with Crippen LogP contribution in [0.2, 0.25) is 0 Å². The van der Waals surface area contributed by atoms with Crippen molar-refractivity contribution in [3.05, 3.63) is 42.4 Å². The van der Waals surface area contributed by atoms with E-state index in [-0.39, 0.29) is 0 Å². The lowest BCUT2D eigenvalue weighted by molar-refractivity contribution is 0.914. The first-order chi connectivity index (χ1) is 6.36. The van der Waals surface area contributed by atoms with Crippen molar-refractivity contribution in [3.63, 3.8) is 0 Å². The van der Waals surface area contributed by atoms with Gasteiger partial charge in [-0.2, -0.15) is 0 Å². The van der Waals surface area contributed by atoms with E-state index in [0.29, 0.717) is 5.82 Å². The molecular formula is C10H9N3. The fraction of sp³-hybridized carbons (Fsp3) is 0.100. The molecular weight excluding hydrogens is 162 g/mol. The highest BCUT2D eigenvalue weighted by Gasteiger charge is 1.97. The van der Waals surface area contributed by atoms with Crippen LogP contribution in [-0.2, 0) is 0 Å². The van der Waals surface area contributed by atoms with Gasteiger partial charge in [-0.15, -0.1) is 10.2 Å². The van der Waals surface area contributed by atoms with E-state index < -0.39 is 0 Å². The van der Waals surface area contributed by atoms with E-state index in [1.54, 1.807) is 6.20 Å². The molecule has 2 aromatic rings. The Kier molecular flexibility index (Phi) is 2.00. The van der Waals surface area contributed by atoms with Crippen LogP contribution in [-0.4, -0.2) is 15.2 Å². The van der Waals surface area contributed by atoms with Crippen LogP contribution in [0.1, 0.15) is 5.82 Å². The Morgan fingerprint density at radius 2 is 1.77 bits per heavy atom.